The molecule has 0 N–H and O–H groups in total. The van der Waals surface area contributed by atoms with Gasteiger partial charge in [-0.2, -0.15) is 0 Å². The van der Waals surface area contributed by atoms with E-state index in [-0.39, 0.29) is 0 Å². The Hall–Kier alpha value is -2.42. The lowest BCUT2D eigenvalue weighted by Crippen LogP contribution is -2.15. The molecule has 2 aromatic rings. The molecule has 102 valence electrons. The zero-order valence-electron chi connectivity index (χ0n) is 11.8. The lowest BCUT2D eigenvalue weighted by molar-refractivity contribution is 0.0815. The largest absolute Gasteiger partial charge is 0.496 e. The van der Waals surface area contributed by atoms with Gasteiger partial charge in [0.1, 0.15) is 5.75 Å². The first-order chi connectivity index (χ1) is 9.54. The van der Waals surface area contributed by atoms with E-state index in [1.807, 2.05) is 13.8 Å². The van der Waals surface area contributed by atoms with Gasteiger partial charge in [-0.25, -0.2) is 0 Å². The van der Waals surface area contributed by atoms with Gasteiger partial charge in [-0.1, -0.05) is 30.3 Å². The maximum Gasteiger partial charge on any atom is 0.237 e. The molecule has 2 rings (SSSR count). The van der Waals surface area contributed by atoms with E-state index >= 15 is 0 Å². The standard InChI is InChI=1S/C17H16O3/c1-11-9-14(15(20-3)10-12(11)2)17(19)16(18)13-7-5-4-6-8-13/h4-10H,1-3H3. The van der Waals surface area contributed by atoms with Gasteiger partial charge in [-0.05, 0) is 37.1 Å². The number of carbonyl (C=O) groups is 2. The van der Waals surface area contributed by atoms with E-state index in [9.17, 15) is 9.59 Å². The van der Waals surface area contributed by atoms with Gasteiger partial charge in [0.25, 0.3) is 0 Å². The molecular formula is C17H16O3. The van der Waals surface area contributed by atoms with Gasteiger partial charge in [0.15, 0.2) is 0 Å². The van der Waals surface area contributed by atoms with Gasteiger partial charge in [0, 0.05) is 5.56 Å². The number of hydrogen-bond acceptors (Lipinski definition) is 3. The zero-order valence-corrected chi connectivity index (χ0v) is 11.8. The van der Waals surface area contributed by atoms with Crippen molar-refractivity contribution < 1.29 is 14.3 Å². The molecule has 0 saturated carbocycles. The van der Waals surface area contributed by atoms with Crippen LogP contribution in [-0.4, -0.2) is 18.7 Å². The molecule has 20 heavy (non-hydrogen) atoms. The number of carbonyl (C=O) groups excluding carboxylic acids is 2. The summed E-state index contributed by atoms with van der Waals surface area (Å²) in [5.74, 6) is -0.634. The van der Waals surface area contributed by atoms with Crippen molar-refractivity contribution in [1.82, 2.24) is 0 Å². The molecule has 0 atom stereocenters. The molecule has 0 saturated heterocycles. The molecule has 3 nitrogen and oxygen atoms in total. The van der Waals surface area contributed by atoms with Gasteiger partial charge in [-0.3, -0.25) is 9.59 Å². The van der Waals surface area contributed by atoms with Crippen LogP contribution in [0.5, 0.6) is 5.75 Å². The summed E-state index contributed by atoms with van der Waals surface area (Å²) >= 11 is 0. The highest BCUT2D eigenvalue weighted by Gasteiger charge is 2.22. The Morgan fingerprint density at radius 3 is 2.10 bits per heavy atom. The molecule has 0 fully saturated rings. The van der Waals surface area contributed by atoms with Gasteiger partial charge in [0.05, 0.1) is 12.7 Å². The summed E-state index contributed by atoms with van der Waals surface area (Å²) < 4.78 is 5.22. The number of methoxy groups -OCH3 is 1. The minimum Gasteiger partial charge on any atom is -0.496 e. The number of Topliss-reactive ketones (excluding diaryl/α,β-unsaturated/α-hetero) is 2. The molecular weight excluding hydrogens is 252 g/mol. The van der Waals surface area contributed by atoms with Crippen molar-refractivity contribution in [3.63, 3.8) is 0 Å². The van der Waals surface area contributed by atoms with Crippen LogP contribution in [0.2, 0.25) is 0 Å². The van der Waals surface area contributed by atoms with Gasteiger partial charge >= 0.3 is 0 Å². The van der Waals surface area contributed by atoms with E-state index in [1.165, 1.54) is 7.11 Å². The average molecular weight is 268 g/mol. The summed E-state index contributed by atoms with van der Waals surface area (Å²) in [6.45, 7) is 3.84. The third kappa shape index (κ3) is 2.62. The number of rotatable bonds is 4. The Morgan fingerprint density at radius 2 is 1.50 bits per heavy atom. The van der Waals surface area contributed by atoms with Crippen LogP contribution < -0.4 is 4.74 Å². The molecule has 0 aliphatic carbocycles. The SMILES string of the molecule is COc1cc(C)c(C)cc1C(=O)C(=O)c1ccccc1. The molecule has 0 aliphatic heterocycles. The van der Waals surface area contributed by atoms with Crippen LogP contribution in [0.1, 0.15) is 31.8 Å². The monoisotopic (exact) mass is 268 g/mol. The van der Waals surface area contributed by atoms with E-state index in [0.717, 1.165) is 11.1 Å². The Morgan fingerprint density at radius 1 is 0.900 bits per heavy atom. The first-order valence-corrected chi connectivity index (χ1v) is 6.34. The fourth-order valence-electron chi connectivity index (χ4n) is 1.98. The number of aryl methyl sites for hydroxylation is 2. The van der Waals surface area contributed by atoms with Crippen LogP contribution in [0.15, 0.2) is 42.5 Å². The van der Waals surface area contributed by atoms with Crippen molar-refractivity contribution in [3.05, 3.63) is 64.7 Å². The summed E-state index contributed by atoms with van der Waals surface area (Å²) in [5, 5.41) is 0. The predicted molar refractivity (Wildman–Crippen MR) is 77.6 cm³/mol. The number of hydrogen-bond donors (Lipinski definition) is 0. The summed E-state index contributed by atoms with van der Waals surface area (Å²) in [5.41, 5.74) is 2.67. The molecule has 0 aromatic heterocycles. The van der Waals surface area contributed by atoms with E-state index in [1.54, 1.807) is 42.5 Å². The van der Waals surface area contributed by atoms with Crippen molar-refractivity contribution in [2.45, 2.75) is 13.8 Å². The first kappa shape index (κ1) is 14.0. The second-order valence-electron chi connectivity index (χ2n) is 4.66. The van der Waals surface area contributed by atoms with E-state index in [0.29, 0.717) is 16.9 Å². The van der Waals surface area contributed by atoms with Crippen molar-refractivity contribution in [3.8, 4) is 5.75 Å². The molecule has 0 heterocycles. The average Bonchev–Trinajstić information content (AvgIpc) is 2.49. The Labute approximate surface area is 118 Å². The normalized spacial score (nSPS) is 10.2. The first-order valence-electron chi connectivity index (χ1n) is 6.34. The molecule has 0 bridgehead atoms. The fraction of sp³-hybridized carbons (Fsp3) is 0.176. The third-order valence-corrected chi connectivity index (χ3v) is 3.30. The zero-order chi connectivity index (χ0) is 14.7. The van der Waals surface area contributed by atoms with E-state index in [4.69, 9.17) is 4.74 Å². The highest BCUT2D eigenvalue weighted by molar-refractivity contribution is 6.49. The summed E-state index contributed by atoms with van der Waals surface area (Å²) in [6, 6.07) is 12.0. The minimum absolute atomic E-state index is 0.310. The van der Waals surface area contributed by atoms with Crippen LogP contribution in [0.3, 0.4) is 0 Å². The van der Waals surface area contributed by atoms with Gasteiger partial charge in [0.2, 0.25) is 11.6 Å². The van der Waals surface area contributed by atoms with Crippen LogP contribution in [0.25, 0.3) is 0 Å². The number of ether oxygens (including phenoxy) is 1. The Balaban J connectivity index is 2.44. The summed E-state index contributed by atoms with van der Waals surface area (Å²) in [6.07, 6.45) is 0. The van der Waals surface area contributed by atoms with Crippen LogP contribution in [0.4, 0.5) is 0 Å². The summed E-state index contributed by atoms with van der Waals surface area (Å²) in [4.78, 5) is 24.6. The molecule has 0 radical (unpaired) electrons. The predicted octanol–water partition coefficient (Wildman–Crippen LogP) is 3.38. The molecule has 2 aromatic carbocycles. The number of benzene rings is 2. The Kier molecular flexibility index (Phi) is 3.99. The highest BCUT2D eigenvalue weighted by atomic mass is 16.5. The van der Waals surface area contributed by atoms with Crippen molar-refractivity contribution >= 4 is 11.6 Å². The minimum atomic E-state index is -0.545. The van der Waals surface area contributed by atoms with Crippen molar-refractivity contribution in [1.29, 1.82) is 0 Å². The maximum absolute atomic E-state index is 12.4. The second kappa shape index (κ2) is 5.70. The molecule has 3 heteroatoms. The lowest BCUT2D eigenvalue weighted by Gasteiger charge is -2.10. The summed E-state index contributed by atoms with van der Waals surface area (Å²) in [7, 11) is 1.49. The van der Waals surface area contributed by atoms with E-state index < -0.39 is 11.6 Å². The highest BCUT2D eigenvalue weighted by Crippen LogP contribution is 2.24. The van der Waals surface area contributed by atoms with Gasteiger partial charge < -0.3 is 4.74 Å². The molecule has 0 unspecified atom stereocenters. The van der Waals surface area contributed by atoms with E-state index in [2.05, 4.69) is 0 Å². The van der Waals surface area contributed by atoms with Crippen molar-refractivity contribution in [2.75, 3.05) is 7.11 Å². The quantitative estimate of drug-likeness (QED) is 0.630. The Bertz CT molecular complexity index is 657. The molecule has 0 aliphatic rings. The van der Waals surface area contributed by atoms with Crippen LogP contribution >= 0.6 is 0 Å². The smallest absolute Gasteiger partial charge is 0.237 e. The van der Waals surface area contributed by atoms with Crippen molar-refractivity contribution in [2.24, 2.45) is 0 Å². The van der Waals surface area contributed by atoms with Gasteiger partial charge in [-0.15, -0.1) is 0 Å². The fourth-order valence-corrected chi connectivity index (χ4v) is 1.98. The maximum atomic E-state index is 12.4. The number of ketones is 2. The third-order valence-electron chi connectivity index (χ3n) is 3.30. The van der Waals surface area contributed by atoms with Crippen LogP contribution in [-0.2, 0) is 0 Å². The molecule has 0 amide bonds. The second-order valence-corrected chi connectivity index (χ2v) is 4.66. The lowest BCUT2D eigenvalue weighted by atomic mass is 9.97. The topological polar surface area (TPSA) is 43.4 Å². The van der Waals surface area contributed by atoms with Crippen LogP contribution in [0, 0.1) is 13.8 Å². The molecule has 0 spiro atoms.